The van der Waals surface area contributed by atoms with Crippen LogP contribution in [-0.2, 0) is 16.8 Å². The Kier molecular flexibility index (Phi) is 3.39. The van der Waals surface area contributed by atoms with Gasteiger partial charge in [-0.1, -0.05) is 20.8 Å². The topological polar surface area (TPSA) is 54.9 Å². The van der Waals surface area contributed by atoms with Crippen LogP contribution < -0.4 is 5.32 Å². The Labute approximate surface area is 90.1 Å². The normalized spacial score (nSPS) is 11.2. The Morgan fingerprint density at radius 2 is 1.87 bits per heavy atom. The summed E-state index contributed by atoms with van der Waals surface area (Å²) in [6.45, 7) is 8.20. The van der Waals surface area contributed by atoms with E-state index in [1.165, 1.54) is 6.92 Å². The summed E-state index contributed by atoms with van der Waals surface area (Å²) in [5, 5.41) is 2.66. The lowest BCUT2D eigenvalue weighted by Gasteiger charge is -2.17. The number of rotatable bonds is 2. The number of nitrogens with zero attached hydrogens (tertiary/aromatic N) is 2. The fourth-order valence-electron chi connectivity index (χ4n) is 1.04. The molecule has 1 N–H and O–H groups in total. The van der Waals surface area contributed by atoms with Crippen LogP contribution in [0.4, 0.5) is 0 Å². The minimum absolute atomic E-state index is 0.0620. The van der Waals surface area contributed by atoms with E-state index in [9.17, 15) is 4.79 Å². The zero-order valence-electron chi connectivity index (χ0n) is 9.66. The average Bonchev–Trinajstić information content (AvgIpc) is 2.14. The van der Waals surface area contributed by atoms with Crippen molar-refractivity contribution in [2.45, 2.75) is 39.7 Å². The van der Waals surface area contributed by atoms with Gasteiger partial charge in [0, 0.05) is 19.3 Å². The van der Waals surface area contributed by atoms with Gasteiger partial charge in [-0.15, -0.1) is 0 Å². The van der Waals surface area contributed by atoms with Crippen molar-refractivity contribution in [3.63, 3.8) is 0 Å². The van der Waals surface area contributed by atoms with E-state index in [0.717, 1.165) is 5.56 Å². The first kappa shape index (κ1) is 11.6. The van der Waals surface area contributed by atoms with Gasteiger partial charge in [0.15, 0.2) is 0 Å². The minimum atomic E-state index is -0.0708. The molecule has 0 fully saturated rings. The molecule has 0 aliphatic carbocycles. The van der Waals surface area contributed by atoms with Crippen LogP contribution >= 0.6 is 0 Å². The molecular weight excluding hydrogens is 190 g/mol. The monoisotopic (exact) mass is 207 g/mol. The van der Waals surface area contributed by atoms with Crippen molar-refractivity contribution < 1.29 is 4.79 Å². The van der Waals surface area contributed by atoms with E-state index in [4.69, 9.17) is 0 Å². The van der Waals surface area contributed by atoms with E-state index in [0.29, 0.717) is 12.4 Å². The summed E-state index contributed by atoms with van der Waals surface area (Å²) in [6, 6.07) is 0. The zero-order valence-corrected chi connectivity index (χ0v) is 9.66. The molecule has 4 nitrogen and oxygen atoms in total. The molecule has 0 aliphatic heterocycles. The number of hydrogen-bond donors (Lipinski definition) is 1. The van der Waals surface area contributed by atoms with Gasteiger partial charge in [0.2, 0.25) is 5.91 Å². The maximum atomic E-state index is 10.7. The number of nitrogens with one attached hydrogen (secondary N) is 1. The van der Waals surface area contributed by atoms with Gasteiger partial charge in [0.05, 0.1) is 6.54 Å². The highest BCUT2D eigenvalue weighted by atomic mass is 16.1. The van der Waals surface area contributed by atoms with E-state index >= 15 is 0 Å². The standard InChI is InChI=1S/C11H17N3O/c1-8(15)12-7-10-13-5-9(6-14-10)11(2,3)4/h5-6H,7H2,1-4H3,(H,12,15). The zero-order chi connectivity index (χ0) is 11.5. The van der Waals surface area contributed by atoms with Gasteiger partial charge < -0.3 is 5.32 Å². The van der Waals surface area contributed by atoms with Gasteiger partial charge in [0.25, 0.3) is 0 Å². The van der Waals surface area contributed by atoms with Crippen LogP contribution in [0.5, 0.6) is 0 Å². The van der Waals surface area contributed by atoms with Crippen LogP contribution in [0.25, 0.3) is 0 Å². The highest BCUT2D eigenvalue weighted by Crippen LogP contribution is 2.19. The lowest BCUT2D eigenvalue weighted by Crippen LogP contribution is -2.21. The summed E-state index contributed by atoms with van der Waals surface area (Å²) in [6.07, 6.45) is 3.62. The molecule has 1 amide bonds. The van der Waals surface area contributed by atoms with Gasteiger partial charge in [-0.3, -0.25) is 4.79 Å². The molecule has 0 saturated carbocycles. The molecule has 1 aromatic rings. The lowest BCUT2D eigenvalue weighted by molar-refractivity contribution is -0.119. The van der Waals surface area contributed by atoms with Gasteiger partial charge in [0.1, 0.15) is 5.82 Å². The lowest BCUT2D eigenvalue weighted by atomic mass is 9.89. The van der Waals surface area contributed by atoms with Crippen molar-refractivity contribution in [2.75, 3.05) is 0 Å². The summed E-state index contributed by atoms with van der Waals surface area (Å²) >= 11 is 0. The third-order valence-electron chi connectivity index (χ3n) is 2.07. The van der Waals surface area contributed by atoms with Crippen LogP contribution in [0.1, 0.15) is 39.1 Å². The van der Waals surface area contributed by atoms with Crippen molar-refractivity contribution >= 4 is 5.91 Å². The Bertz CT molecular complexity index is 338. The number of hydrogen-bond acceptors (Lipinski definition) is 3. The number of aromatic nitrogens is 2. The molecule has 0 radical (unpaired) electrons. The van der Waals surface area contributed by atoms with E-state index < -0.39 is 0 Å². The first-order valence-electron chi connectivity index (χ1n) is 4.95. The summed E-state index contributed by atoms with van der Waals surface area (Å²) < 4.78 is 0. The highest BCUT2D eigenvalue weighted by Gasteiger charge is 2.14. The summed E-state index contributed by atoms with van der Waals surface area (Å²) in [5.41, 5.74) is 1.15. The largest absolute Gasteiger partial charge is 0.349 e. The van der Waals surface area contributed by atoms with E-state index in [-0.39, 0.29) is 11.3 Å². The van der Waals surface area contributed by atoms with Gasteiger partial charge in [-0.05, 0) is 11.0 Å². The van der Waals surface area contributed by atoms with E-state index in [1.807, 2.05) is 12.4 Å². The number of carbonyl (C=O) groups excluding carboxylic acids is 1. The van der Waals surface area contributed by atoms with Crippen LogP contribution in [0.3, 0.4) is 0 Å². The maximum Gasteiger partial charge on any atom is 0.217 e. The molecular formula is C11H17N3O. The van der Waals surface area contributed by atoms with Crippen LogP contribution in [0.15, 0.2) is 12.4 Å². The average molecular weight is 207 g/mol. The molecule has 15 heavy (non-hydrogen) atoms. The van der Waals surface area contributed by atoms with Gasteiger partial charge >= 0.3 is 0 Å². The third-order valence-corrected chi connectivity index (χ3v) is 2.07. The Morgan fingerprint density at radius 1 is 1.33 bits per heavy atom. The second-order valence-electron chi connectivity index (χ2n) is 4.55. The molecule has 0 aromatic carbocycles. The smallest absolute Gasteiger partial charge is 0.217 e. The Balaban J connectivity index is 2.69. The summed E-state index contributed by atoms with van der Waals surface area (Å²) in [5.74, 6) is 0.566. The van der Waals surface area contributed by atoms with Crippen molar-refractivity contribution in [3.05, 3.63) is 23.8 Å². The van der Waals surface area contributed by atoms with Crippen molar-refractivity contribution in [1.29, 1.82) is 0 Å². The second kappa shape index (κ2) is 4.38. The fraction of sp³-hybridized carbons (Fsp3) is 0.545. The highest BCUT2D eigenvalue weighted by molar-refractivity contribution is 5.72. The SMILES string of the molecule is CC(=O)NCc1ncc(C(C)(C)C)cn1. The van der Waals surface area contributed by atoms with Gasteiger partial charge in [-0.25, -0.2) is 9.97 Å². The maximum absolute atomic E-state index is 10.7. The molecule has 1 heterocycles. The molecule has 0 spiro atoms. The minimum Gasteiger partial charge on any atom is -0.349 e. The van der Waals surface area contributed by atoms with Crippen molar-refractivity contribution in [2.24, 2.45) is 0 Å². The number of carbonyl (C=O) groups is 1. The molecule has 0 saturated heterocycles. The van der Waals surface area contributed by atoms with E-state index in [2.05, 4.69) is 36.1 Å². The summed E-state index contributed by atoms with van der Waals surface area (Å²) in [4.78, 5) is 19.1. The molecule has 82 valence electrons. The van der Waals surface area contributed by atoms with Crippen molar-refractivity contribution in [3.8, 4) is 0 Å². The molecule has 1 aromatic heterocycles. The number of amides is 1. The first-order valence-corrected chi connectivity index (χ1v) is 4.95. The quantitative estimate of drug-likeness (QED) is 0.797. The van der Waals surface area contributed by atoms with E-state index in [1.54, 1.807) is 0 Å². The van der Waals surface area contributed by atoms with Crippen LogP contribution in [0.2, 0.25) is 0 Å². The van der Waals surface area contributed by atoms with Gasteiger partial charge in [-0.2, -0.15) is 0 Å². The van der Waals surface area contributed by atoms with Crippen LogP contribution in [-0.4, -0.2) is 15.9 Å². The second-order valence-corrected chi connectivity index (χ2v) is 4.55. The Hall–Kier alpha value is -1.45. The molecule has 0 atom stereocenters. The van der Waals surface area contributed by atoms with Crippen LogP contribution in [0, 0.1) is 0 Å². The molecule has 1 rings (SSSR count). The fourth-order valence-corrected chi connectivity index (χ4v) is 1.04. The van der Waals surface area contributed by atoms with Crippen molar-refractivity contribution in [1.82, 2.24) is 15.3 Å². The predicted octanol–water partition coefficient (Wildman–Crippen LogP) is 1.41. The molecule has 0 bridgehead atoms. The Morgan fingerprint density at radius 3 is 2.27 bits per heavy atom. The first-order chi connectivity index (χ1) is 6.89. The molecule has 0 unspecified atom stereocenters. The molecule has 4 heteroatoms. The predicted molar refractivity (Wildman–Crippen MR) is 58.3 cm³/mol. The third kappa shape index (κ3) is 3.65. The molecule has 0 aliphatic rings. The summed E-state index contributed by atoms with van der Waals surface area (Å²) in [7, 11) is 0.